The predicted molar refractivity (Wildman–Crippen MR) is 42.8 cm³/mol. The first kappa shape index (κ1) is 8.52. The van der Waals surface area contributed by atoms with Crippen molar-refractivity contribution in [1.82, 2.24) is 0 Å². The summed E-state index contributed by atoms with van der Waals surface area (Å²) < 4.78 is 0. The second kappa shape index (κ2) is 3.76. The van der Waals surface area contributed by atoms with Crippen molar-refractivity contribution in [2.75, 3.05) is 11.9 Å². The van der Waals surface area contributed by atoms with Gasteiger partial charge in [-0.25, -0.2) is 9.78 Å². The minimum atomic E-state index is -0.791. The van der Waals surface area contributed by atoms with E-state index in [1.54, 1.807) is 0 Å². The van der Waals surface area contributed by atoms with Gasteiger partial charge in [-0.15, -0.1) is 0 Å². The van der Waals surface area contributed by atoms with E-state index in [2.05, 4.69) is 0 Å². The standard InChI is InChI=1S/C7H10O4S/c1-2-4-7(3-1)10-8-5-12-6-9-11-7/h1,3H,2,4-6H2. The number of thioether (sulfide) groups is 1. The predicted octanol–water partition coefficient (Wildman–Crippen LogP) is 1.59. The molecule has 0 radical (unpaired) electrons. The Morgan fingerprint density at radius 2 is 1.92 bits per heavy atom. The third-order valence-corrected chi connectivity index (χ3v) is 2.22. The summed E-state index contributed by atoms with van der Waals surface area (Å²) in [5.41, 5.74) is 0. The molecule has 4 nitrogen and oxygen atoms in total. The quantitative estimate of drug-likeness (QED) is 0.428. The molecule has 0 unspecified atom stereocenters. The largest absolute Gasteiger partial charge is 0.252 e. The van der Waals surface area contributed by atoms with Gasteiger partial charge in [-0.2, -0.15) is 9.78 Å². The van der Waals surface area contributed by atoms with Crippen molar-refractivity contribution in [3.63, 3.8) is 0 Å². The van der Waals surface area contributed by atoms with E-state index < -0.39 is 5.79 Å². The van der Waals surface area contributed by atoms with Crippen LogP contribution in [0.3, 0.4) is 0 Å². The van der Waals surface area contributed by atoms with Crippen LogP contribution in [0.2, 0.25) is 0 Å². The van der Waals surface area contributed by atoms with E-state index >= 15 is 0 Å². The fourth-order valence-corrected chi connectivity index (χ4v) is 1.43. The van der Waals surface area contributed by atoms with Crippen molar-refractivity contribution in [2.45, 2.75) is 18.6 Å². The summed E-state index contributed by atoms with van der Waals surface area (Å²) in [5.74, 6) is 0.152. The van der Waals surface area contributed by atoms with E-state index in [0.717, 1.165) is 12.8 Å². The summed E-state index contributed by atoms with van der Waals surface area (Å²) in [6.07, 6.45) is 5.49. The van der Waals surface area contributed by atoms with Crippen LogP contribution in [-0.2, 0) is 19.6 Å². The van der Waals surface area contributed by atoms with Gasteiger partial charge in [-0.3, -0.25) is 0 Å². The molecule has 1 fully saturated rings. The third kappa shape index (κ3) is 1.81. The lowest BCUT2D eigenvalue weighted by atomic mass is 10.2. The molecule has 1 spiro atoms. The lowest BCUT2D eigenvalue weighted by Crippen LogP contribution is -2.33. The van der Waals surface area contributed by atoms with E-state index in [-0.39, 0.29) is 0 Å². The highest BCUT2D eigenvalue weighted by molar-refractivity contribution is 7.98. The molecule has 0 amide bonds. The van der Waals surface area contributed by atoms with E-state index in [1.165, 1.54) is 11.8 Å². The van der Waals surface area contributed by atoms with Gasteiger partial charge in [-0.1, -0.05) is 17.8 Å². The van der Waals surface area contributed by atoms with Gasteiger partial charge in [0, 0.05) is 6.42 Å². The summed E-state index contributed by atoms with van der Waals surface area (Å²) >= 11 is 1.45. The Labute approximate surface area is 74.7 Å². The Hall–Kier alpha value is -0.0700. The van der Waals surface area contributed by atoms with E-state index in [1.807, 2.05) is 12.2 Å². The van der Waals surface area contributed by atoms with Gasteiger partial charge >= 0.3 is 0 Å². The Bertz CT molecular complexity index is 174. The molecule has 1 saturated heterocycles. The molecule has 2 rings (SSSR count). The molecule has 1 aliphatic carbocycles. The molecule has 0 atom stereocenters. The topological polar surface area (TPSA) is 36.9 Å². The fraction of sp³-hybridized carbons (Fsp3) is 0.714. The second-order valence-electron chi connectivity index (χ2n) is 2.60. The number of hydrogen-bond donors (Lipinski definition) is 0. The monoisotopic (exact) mass is 190 g/mol. The zero-order valence-electron chi connectivity index (χ0n) is 6.52. The lowest BCUT2D eigenvalue weighted by molar-refractivity contribution is -0.490. The van der Waals surface area contributed by atoms with Gasteiger partial charge < -0.3 is 0 Å². The van der Waals surface area contributed by atoms with Gasteiger partial charge in [-0.05, 0) is 12.5 Å². The summed E-state index contributed by atoms with van der Waals surface area (Å²) in [7, 11) is 0. The van der Waals surface area contributed by atoms with Crippen LogP contribution in [0.25, 0.3) is 0 Å². The maximum Gasteiger partial charge on any atom is 0.252 e. The van der Waals surface area contributed by atoms with E-state index in [0.29, 0.717) is 11.9 Å². The minimum Gasteiger partial charge on any atom is -0.222 e. The van der Waals surface area contributed by atoms with Crippen molar-refractivity contribution < 1.29 is 19.6 Å². The highest BCUT2D eigenvalue weighted by Gasteiger charge is 2.36. The normalized spacial score (nSPS) is 28.7. The van der Waals surface area contributed by atoms with Gasteiger partial charge in [0.1, 0.15) is 11.9 Å². The molecular formula is C7H10O4S. The zero-order valence-corrected chi connectivity index (χ0v) is 7.34. The molecule has 0 saturated carbocycles. The van der Waals surface area contributed by atoms with Crippen molar-refractivity contribution >= 4 is 11.8 Å². The molecule has 0 aromatic carbocycles. The summed E-state index contributed by atoms with van der Waals surface area (Å²) in [4.78, 5) is 20.0. The van der Waals surface area contributed by atoms with Crippen LogP contribution in [-0.4, -0.2) is 17.7 Å². The van der Waals surface area contributed by atoms with Crippen molar-refractivity contribution in [3.8, 4) is 0 Å². The van der Waals surface area contributed by atoms with Crippen LogP contribution in [0, 0.1) is 0 Å². The van der Waals surface area contributed by atoms with Crippen LogP contribution < -0.4 is 0 Å². The molecule has 12 heavy (non-hydrogen) atoms. The van der Waals surface area contributed by atoms with E-state index in [9.17, 15) is 0 Å². The first-order chi connectivity index (χ1) is 5.91. The van der Waals surface area contributed by atoms with Crippen molar-refractivity contribution in [1.29, 1.82) is 0 Å². The van der Waals surface area contributed by atoms with Gasteiger partial charge in [0.05, 0.1) is 0 Å². The third-order valence-electron chi connectivity index (χ3n) is 1.69. The molecular weight excluding hydrogens is 180 g/mol. The Morgan fingerprint density at radius 1 is 1.17 bits per heavy atom. The first-order valence-electron chi connectivity index (χ1n) is 3.78. The number of hydrogen-bond acceptors (Lipinski definition) is 5. The molecule has 0 aromatic rings. The highest BCUT2D eigenvalue weighted by atomic mass is 32.2. The molecule has 68 valence electrons. The number of rotatable bonds is 0. The molecule has 0 N–H and O–H groups in total. The first-order valence-corrected chi connectivity index (χ1v) is 4.93. The average Bonchev–Trinajstić information content (AvgIpc) is 2.47. The van der Waals surface area contributed by atoms with Gasteiger partial charge in [0.2, 0.25) is 0 Å². The molecule has 1 heterocycles. The van der Waals surface area contributed by atoms with E-state index in [4.69, 9.17) is 19.6 Å². The molecule has 0 bridgehead atoms. The lowest BCUT2D eigenvalue weighted by Gasteiger charge is -2.26. The Kier molecular flexibility index (Phi) is 2.67. The smallest absolute Gasteiger partial charge is 0.222 e. The van der Waals surface area contributed by atoms with Crippen LogP contribution in [0.1, 0.15) is 12.8 Å². The van der Waals surface area contributed by atoms with Crippen molar-refractivity contribution in [3.05, 3.63) is 12.2 Å². The summed E-state index contributed by atoms with van der Waals surface area (Å²) in [6.45, 7) is 0. The second-order valence-corrected chi connectivity index (χ2v) is 3.47. The fourth-order valence-electron chi connectivity index (χ4n) is 1.13. The maximum atomic E-state index is 5.08. The maximum absolute atomic E-state index is 5.08. The van der Waals surface area contributed by atoms with Gasteiger partial charge in [0.25, 0.3) is 5.79 Å². The molecule has 5 heteroatoms. The van der Waals surface area contributed by atoms with Crippen LogP contribution in [0.4, 0.5) is 0 Å². The van der Waals surface area contributed by atoms with Crippen LogP contribution in [0.5, 0.6) is 0 Å². The average molecular weight is 190 g/mol. The summed E-state index contributed by atoms with van der Waals surface area (Å²) in [6, 6.07) is 0. The molecule has 0 aromatic heterocycles. The van der Waals surface area contributed by atoms with Crippen LogP contribution >= 0.6 is 11.8 Å². The van der Waals surface area contributed by atoms with Gasteiger partial charge in [0.15, 0.2) is 0 Å². The zero-order chi connectivity index (χ0) is 8.28. The molecule has 1 aliphatic heterocycles. The molecule has 2 aliphatic rings. The van der Waals surface area contributed by atoms with Crippen LogP contribution in [0.15, 0.2) is 12.2 Å². The Balaban J connectivity index is 1.97. The highest BCUT2D eigenvalue weighted by Crippen LogP contribution is 2.30. The Morgan fingerprint density at radius 3 is 2.50 bits per heavy atom. The number of allylic oxidation sites excluding steroid dienone is 1. The SMILES string of the molecule is C1=CC2(CC1)OOCSCOO2. The van der Waals surface area contributed by atoms with Crippen molar-refractivity contribution in [2.24, 2.45) is 0 Å². The summed E-state index contributed by atoms with van der Waals surface area (Å²) in [5, 5.41) is 0. The minimum absolute atomic E-state index is 0.471.